The minimum atomic E-state index is -0.893. The standard InChI is InChI=1S/C20H24ClFN4O3/c1-12(2)11-26-19(21)17(13(3)25-26)9-10-18(27)23-24-20(28)14(4)29-16-7-5-15(22)6-8-16/h5-10,12,14H,11H2,1-4H3,(H,23,27)(H,24,28)/b10-9+/t14-/m0/s1. The summed E-state index contributed by atoms with van der Waals surface area (Å²) in [6.07, 6.45) is 1.90. The highest BCUT2D eigenvalue weighted by Gasteiger charge is 2.15. The first-order chi connectivity index (χ1) is 13.7. The highest BCUT2D eigenvalue weighted by molar-refractivity contribution is 6.31. The Hall–Kier alpha value is -2.87. The number of rotatable bonds is 7. The summed E-state index contributed by atoms with van der Waals surface area (Å²) in [5, 5.41) is 4.81. The summed E-state index contributed by atoms with van der Waals surface area (Å²) >= 11 is 6.32. The van der Waals surface area contributed by atoms with Crippen LogP contribution in [0.15, 0.2) is 30.3 Å². The maximum atomic E-state index is 12.9. The van der Waals surface area contributed by atoms with Gasteiger partial charge in [-0.25, -0.2) is 4.39 Å². The fourth-order valence-corrected chi connectivity index (χ4v) is 2.73. The van der Waals surface area contributed by atoms with Gasteiger partial charge in [-0.1, -0.05) is 25.4 Å². The van der Waals surface area contributed by atoms with Gasteiger partial charge in [-0.05, 0) is 50.1 Å². The van der Waals surface area contributed by atoms with Crippen LogP contribution in [-0.4, -0.2) is 27.7 Å². The van der Waals surface area contributed by atoms with Gasteiger partial charge < -0.3 is 4.74 Å². The molecule has 0 fully saturated rings. The van der Waals surface area contributed by atoms with Gasteiger partial charge in [0, 0.05) is 18.2 Å². The number of carbonyl (C=O) groups is 2. The van der Waals surface area contributed by atoms with Crippen molar-refractivity contribution in [1.29, 1.82) is 0 Å². The van der Waals surface area contributed by atoms with Crippen molar-refractivity contribution in [2.45, 2.75) is 40.3 Å². The van der Waals surface area contributed by atoms with Crippen molar-refractivity contribution >= 4 is 29.5 Å². The molecule has 0 radical (unpaired) electrons. The quantitative estimate of drug-likeness (QED) is 0.529. The van der Waals surface area contributed by atoms with Gasteiger partial charge in [0.25, 0.3) is 11.8 Å². The smallest absolute Gasteiger partial charge is 0.279 e. The lowest BCUT2D eigenvalue weighted by Gasteiger charge is -2.14. The largest absolute Gasteiger partial charge is 0.481 e. The van der Waals surface area contributed by atoms with Crippen molar-refractivity contribution in [2.24, 2.45) is 5.92 Å². The van der Waals surface area contributed by atoms with E-state index in [2.05, 4.69) is 29.8 Å². The van der Waals surface area contributed by atoms with Crippen LogP contribution in [0.3, 0.4) is 0 Å². The maximum absolute atomic E-state index is 12.9. The number of hydrazine groups is 1. The molecule has 0 bridgehead atoms. The third-order valence-corrected chi connectivity index (χ3v) is 4.25. The van der Waals surface area contributed by atoms with Gasteiger partial charge in [-0.15, -0.1) is 0 Å². The summed E-state index contributed by atoms with van der Waals surface area (Å²) in [5.74, 6) is -0.793. The second-order valence-corrected chi connectivity index (χ2v) is 7.25. The topological polar surface area (TPSA) is 85.3 Å². The Bertz CT molecular complexity index is 894. The minimum absolute atomic E-state index is 0.337. The second-order valence-electron chi connectivity index (χ2n) is 6.89. The molecule has 0 aliphatic carbocycles. The molecule has 0 spiro atoms. The molecule has 156 valence electrons. The van der Waals surface area contributed by atoms with E-state index in [4.69, 9.17) is 16.3 Å². The first-order valence-corrected chi connectivity index (χ1v) is 9.48. The van der Waals surface area contributed by atoms with E-state index in [0.29, 0.717) is 34.6 Å². The minimum Gasteiger partial charge on any atom is -0.481 e. The third-order valence-electron chi connectivity index (χ3n) is 3.85. The van der Waals surface area contributed by atoms with Crippen LogP contribution in [0.1, 0.15) is 32.0 Å². The van der Waals surface area contributed by atoms with E-state index >= 15 is 0 Å². The second kappa shape index (κ2) is 10.1. The fraction of sp³-hybridized carbons (Fsp3) is 0.350. The van der Waals surface area contributed by atoms with Crippen molar-refractivity contribution in [3.8, 4) is 5.75 Å². The van der Waals surface area contributed by atoms with Gasteiger partial charge in [0.2, 0.25) is 0 Å². The van der Waals surface area contributed by atoms with Gasteiger partial charge in [0.1, 0.15) is 16.7 Å². The number of aromatic nitrogens is 2. The van der Waals surface area contributed by atoms with Crippen LogP contribution < -0.4 is 15.6 Å². The number of nitrogens with one attached hydrogen (secondary N) is 2. The molecular weight excluding hydrogens is 399 g/mol. The Kier molecular flexibility index (Phi) is 7.78. The number of aryl methyl sites for hydroxylation is 1. The van der Waals surface area contributed by atoms with Crippen molar-refractivity contribution in [3.63, 3.8) is 0 Å². The zero-order chi connectivity index (χ0) is 21.6. The summed E-state index contributed by atoms with van der Waals surface area (Å²) < 4.78 is 20.0. The number of ether oxygens (including phenoxy) is 1. The summed E-state index contributed by atoms with van der Waals surface area (Å²) in [5.41, 5.74) is 5.88. The number of halogens is 2. The zero-order valence-corrected chi connectivity index (χ0v) is 17.5. The van der Waals surface area contributed by atoms with E-state index in [-0.39, 0.29) is 0 Å². The molecule has 2 aromatic rings. The van der Waals surface area contributed by atoms with Crippen LogP contribution >= 0.6 is 11.6 Å². The molecular formula is C20H24ClFN4O3. The van der Waals surface area contributed by atoms with Crippen LogP contribution in [0.25, 0.3) is 6.08 Å². The summed E-state index contributed by atoms with van der Waals surface area (Å²) in [6.45, 7) is 8.09. The molecule has 29 heavy (non-hydrogen) atoms. The van der Waals surface area contributed by atoms with Gasteiger partial charge in [0.05, 0.1) is 5.69 Å². The SMILES string of the molecule is Cc1nn(CC(C)C)c(Cl)c1/C=C/C(=O)NNC(=O)[C@H](C)Oc1ccc(F)cc1. The molecule has 7 nitrogen and oxygen atoms in total. The molecule has 1 aromatic carbocycles. The normalized spacial score (nSPS) is 12.2. The lowest BCUT2D eigenvalue weighted by Crippen LogP contribution is -2.46. The van der Waals surface area contributed by atoms with Crippen molar-refractivity contribution in [1.82, 2.24) is 20.6 Å². The number of amides is 2. The van der Waals surface area contributed by atoms with Gasteiger partial charge >= 0.3 is 0 Å². The number of nitrogens with zero attached hydrogens (tertiary/aromatic N) is 2. The summed E-state index contributed by atoms with van der Waals surface area (Å²) in [7, 11) is 0. The van der Waals surface area contributed by atoms with E-state index in [9.17, 15) is 14.0 Å². The predicted molar refractivity (Wildman–Crippen MR) is 109 cm³/mol. The highest BCUT2D eigenvalue weighted by Crippen LogP contribution is 2.22. The monoisotopic (exact) mass is 422 g/mol. The Balaban J connectivity index is 1.88. The Morgan fingerprint density at radius 3 is 2.52 bits per heavy atom. The average Bonchev–Trinajstić information content (AvgIpc) is 2.92. The van der Waals surface area contributed by atoms with E-state index < -0.39 is 23.7 Å². The van der Waals surface area contributed by atoms with Gasteiger partial charge in [-0.2, -0.15) is 5.10 Å². The predicted octanol–water partition coefficient (Wildman–Crippen LogP) is 3.27. The molecule has 0 saturated heterocycles. The van der Waals surface area contributed by atoms with Crippen molar-refractivity contribution in [3.05, 3.63) is 52.6 Å². The molecule has 0 saturated carbocycles. The van der Waals surface area contributed by atoms with E-state index in [1.54, 1.807) is 17.7 Å². The van der Waals surface area contributed by atoms with Crippen molar-refractivity contribution in [2.75, 3.05) is 0 Å². The Morgan fingerprint density at radius 2 is 1.90 bits per heavy atom. The molecule has 0 aliphatic heterocycles. The number of carbonyl (C=O) groups excluding carboxylic acids is 2. The number of hydrogen-bond acceptors (Lipinski definition) is 4. The van der Waals surface area contributed by atoms with Crippen LogP contribution in [0.5, 0.6) is 5.75 Å². The van der Waals surface area contributed by atoms with Gasteiger partial charge in [-0.3, -0.25) is 25.1 Å². The average molecular weight is 423 g/mol. The lowest BCUT2D eigenvalue weighted by atomic mass is 10.2. The molecule has 0 unspecified atom stereocenters. The molecule has 2 amide bonds. The molecule has 2 N–H and O–H groups in total. The Labute approximate surface area is 173 Å². The van der Waals surface area contributed by atoms with E-state index in [1.165, 1.54) is 37.3 Å². The molecule has 0 aliphatic rings. The highest BCUT2D eigenvalue weighted by atomic mass is 35.5. The summed E-state index contributed by atoms with van der Waals surface area (Å²) in [4.78, 5) is 24.0. The molecule has 2 rings (SSSR count). The molecule has 1 atom stereocenters. The lowest BCUT2D eigenvalue weighted by molar-refractivity contribution is -0.131. The first kappa shape index (κ1) is 22.4. The molecule has 9 heteroatoms. The van der Waals surface area contributed by atoms with Crippen LogP contribution in [0, 0.1) is 18.7 Å². The summed E-state index contributed by atoms with van der Waals surface area (Å²) in [6, 6.07) is 5.27. The molecule has 1 heterocycles. The Morgan fingerprint density at radius 1 is 1.24 bits per heavy atom. The van der Waals surface area contributed by atoms with E-state index in [1.807, 2.05) is 0 Å². The number of hydrogen-bond donors (Lipinski definition) is 2. The first-order valence-electron chi connectivity index (χ1n) is 9.10. The van der Waals surface area contributed by atoms with Gasteiger partial charge in [0.15, 0.2) is 6.10 Å². The zero-order valence-electron chi connectivity index (χ0n) is 16.7. The van der Waals surface area contributed by atoms with Crippen LogP contribution in [0.4, 0.5) is 4.39 Å². The fourth-order valence-electron chi connectivity index (χ4n) is 2.42. The van der Waals surface area contributed by atoms with Crippen LogP contribution in [-0.2, 0) is 16.1 Å². The molecule has 1 aromatic heterocycles. The number of benzene rings is 1. The van der Waals surface area contributed by atoms with Crippen LogP contribution in [0.2, 0.25) is 5.15 Å². The third kappa shape index (κ3) is 6.60. The van der Waals surface area contributed by atoms with Crippen molar-refractivity contribution < 1.29 is 18.7 Å². The maximum Gasteiger partial charge on any atom is 0.279 e. The van der Waals surface area contributed by atoms with E-state index in [0.717, 1.165) is 0 Å².